The third-order valence-electron chi connectivity index (χ3n) is 4.34. The maximum absolute atomic E-state index is 12.8. The zero-order chi connectivity index (χ0) is 20.1. The summed E-state index contributed by atoms with van der Waals surface area (Å²) in [5, 5.41) is 7.15. The molecule has 2 heterocycles. The number of para-hydroxylation sites is 1. The van der Waals surface area contributed by atoms with E-state index >= 15 is 0 Å². The molecule has 0 fully saturated rings. The Hall–Kier alpha value is -3.93. The largest absolute Gasteiger partial charge is 0.494 e. The maximum atomic E-state index is 12.8. The number of anilines is 3. The van der Waals surface area contributed by atoms with Gasteiger partial charge in [0.15, 0.2) is 0 Å². The number of amides is 1. The molecule has 0 saturated heterocycles. The van der Waals surface area contributed by atoms with Gasteiger partial charge in [0, 0.05) is 23.5 Å². The Morgan fingerprint density at radius 3 is 2.66 bits per heavy atom. The number of carbonyl (C=O) groups excluding carboxylic acids is 1. The molecule has 0 aliphatic carbocycles. The van der Waals surface area contributed by atoms with Crippen LogP contribution in [0.15, 0.2) is 79.3 Å². The Labute approximate surface area is 168 Å². The van der Waals surface area contributed by atoms with Crippen molar-refractivity contribution in [3.05, 3.63) is 84.8 Å². The predicted molar refractivity (Wildman–Crippen MR) is 115 cm³/mol. The molecule has 6 heteroatoms. The van der Waals surface area contributed by atoms with Crippen LogP contribution in [0.25, 0.3) is 10.9 Å². The Bertz CT molecular complexity index is 1140. The van der Waals surface area contributed by atoms with Crippen LogP contribution in [0.4, 0.5) is 17.1 Å². The highest BCUT2D eigenvalue weighted by Gasteiger charge is 2.10. The summed E-state index contributed by atoms with van der Waals surface area (Å²) in [7, 11) is 0. The number of hydrogen-bond donors (Lipinski definition) is 2. The van der Waals surface area contributed by atoms with E-state index in [1.165, 1.54) is 6.20 Å². The van der Waals surface area contributed by atoms with E-state index in [0.29, 0.717) is 17.9 Å². The van der Waals surface area contributed by atoms with Crippen molar-refractivity contribution in [1.29, 1.82) is 0 Å². The smallest absolute Gasteiger partial charge is 0.257 e. The highest BCUT2D eigenvalue weighted by Crippen LogP contribution is 2.23. The molecular formula is C23H20N4O2. The molecule has 0 atom stereocenters. The van der Waals surface area contributed by atoms with Crippen LogP contribution in [0.2, 0.25) is 0 Å². The third kappa shape index (κ3) is 4.32. The monoisotopic (exact) mass is 384 g/mol. The normalized spacial score (nSPS) is 10.5. The lowest BCUT2D eigenvalue weighted by Gasteiger charge is -2.10. The van der Waals surface area contributed by atoms with Crippen molar-refractivity contribution < 1.29 is 9.53 Å². The van der Waals surface area contributed by atoms with Gasteiger partial charge < -0.3 is 15.4 Å². The van der Waals surface area contributed by atoms with Crippen molar-refractivity contribution in [2.75, 3.05) is 17.2 Å². The van der Waals surface area contributed by atoms with Crippen molar-refractivity contribution in [3.8, 4) is 5.75 Å². The minimum absolute atomic E-state index is 0.244. The lowest BCUT2D eigenvalue weighted by molar-refractivity contribution is 0.102. The van der Waals surface area contributed by atoms with Crippen LogP contribution in [-0.4, -0.2) is 22.5 Å². The molecule has 0 bridgehead atoms. The minimum atomic E-state index is -0.244. The van der Waals surface area contributed by atoms with E-state index in [1.807, 2.05) is 61.5 Å². The molecule has 0 spiro atoms. The summed E-state index contributed by atoms with van der Waals surface area (Å²) in [6.45, 7) is 2.57. The number of nitrogens with zero attached hydrogens (tertiary/aromatic N) is 2. The van der Waals surface area contributed by atoms with E-state index in [4.69, 9.17) is 4.74 Å². The summed E-state index contributed by atoms with van der Waals surface area (Å²) in [4.78, 5) is 21.3. The SMILES string of the molecule is CCOc1ccc(Nc2cncc(C(=O)Nc3cccc4cccnc34)c2)cc1. The number of fused-ring (bicyclic) bond motifs is 1. The van der Waals surface area contributed by atoms with E-state index in [9.17, 15) is 4.79 Å². The van der Waals surface area contributed by atoms with Crippen molar-refractivity contribution in [2.45, 2.75) is 6.92 Å². The fourth-order valence-electron chi connectivity index (χ4n) is 3.00. The molecule has 2 aromatic carbocycles. The number of benzene rings is 2. The van der Waals surface area contributed by atoms with Crippen molar-refractivity contribution >= 4 is 33.9 Å². The Morgan fingerprint density at radius 2 is 1.83 bits per heavy atom. The summed E-state index contributed by atoms with van der Waals surface area (Å²) in [5.41, 5.74) is 3.47. The van der Waals surface area contributed by atoms with Gasteiger partial charge in [-0.25, -0.2) is 0 Å². The summed E-state index contributed by atoms with van der Waals surface area (Å²) < 4.78 is 5.45. The Kier molecular flexibility index (Phi) is 5.33. The fourth-order valence-corrected chi connectivity index (χ4v) is 3.00. The highest BCUT2D eigenvalue weighted by molar-refractivity contribution is 6.08. The van der Waals surface area contributed by atoms with Crippen molar-refractivity contribution in [2.24, 2.45) is 0 Å². The summed E-state index contributed by atoms with van der Waals surface area (Å²) in [6.07, 6.45) is 4.92. The van der Waals surface area contributed by atoms with Gasteiger partial charge >= 0.3 is 0 Å². The molecule has 0 radical (unpaired) electrons. The van der Waals surface area contributed by atoms with Crippen LogP contribution in [0, 0.1) is 0 Å². The average molecular weight is 384 g/mol. The molecule has 0 aliphatic rings. The molecule has 4 rings (SSSR count). The zero-order valence-corrected chi connectivity index (χ0v) is 15.9. The quantitative estimate of drug-likeness (QED) is 0.488. The van der Waals surface area contributed by atoms with Crippen LogP contribution in [0.1, 0.15) is 17.3 Å². The van der Waals surface area contributed by atoms with Gasteiger partial charge in [0.25, 0.3) is 5.91 Å². The van der Waals surface area contributed by atoms with Crippen molar-refractivity contribution in [1.82, 2.24) is 9.97 Å². The van der Waals surface area contributed by atoms with Crippen LogP contribution in [-0.2, 0) is 0 Å². The molecule has 2 aromatic heterocycles. The molecule has 1 amide bonds. The van der Waals surface area contributed by atoms with Gasteiger partial charge in [0.1, 0.15) is 5.75 Å². The first-order valence-corrected chi connectivity index (χ1v) is 9.33. The van der Waals surface area contributed by atoms with Gasteiger partial charge in [-0.1, -0.05) is 18.2 Å². The standard InChI is InChI=1S/C23H20N4O2/c1-2-29-20-10-8-18(9-11-20)26-19-13-17(14-24-15-19)23(28)27-21-7-3-5-16-6-4-12-25-22(16)21/h3-15,26H,2H2,1H3,(H,27,28). The van der Waals surface area contributed by atoms with Crippen LogP contribution in [0.3, 0.4) is 0 Å². The van der Waals surface area contributed by atoms with E-state index < -0.39 is 0 Å². The number of hydrogen-bond acceptors (Lipinski definition) is 5. The topological polar surface area (TPSA) is 76.1 Å². The minimum Gasteiger partial charge on any atom is -0.494 e. The molecule has 0 aliphatic heterocycles. The molecular weight excluding hydrogens is 364 g/mol. The highest BCUT2D eigenvalue weighted by atomic mass is 16.5. The first-order valence-electron chi connectivity index (χ1n) is 9.33. The van der Waals surface area contributed by atoms with Gasteiger partial charge in [-0.15, -0.1) is 0 Å². The maximum Gasteiger partial charge on any atom is 0.257 e. The molecule has 0 saturated carbocycles. The van der Waals surface area contributed by atoms with E-state index in [-0.39, 0.29) is 5.91 Å². The molecule has 2 N–H and O–H groups in total. The van der Waals surface area contributed by atoms with Gasteiger partial charge in [-0.05, 0) is 49.4 Å². The first kappa shape index (κ1) is 18.4. The summed E-state index contributed by atoms with van der Waals surface area (Å²) in [5.74, 6) is 0.569. The average Bonchev–Trinajstić information content (AvgIpc) is 2.76. The molecule has 4 aromatic rings. The van der Waals surface area contributed by atoms with E-state index in [1.54, 1.807) is 18.5 Å². The van der Waals surface area contributed by atoms with Gasteiger partial charge in [0.2, 0.25) is 0 Å². The third-order valence-corrected chi connectivity index (χ3v) is 4.34. The molecule has 0 unspecified atom stereocenters. The predicted octanol–water partition coefficient (Wildman–Crippen LogP) is 5.02. The van der Waals surface area contributed by atoms with Gasteiger partial charge in [-0.2, -0.15) is 0 Å². The number of aromatic nitrogens is 2. The number of pyridine rings is 2. The molecule has 144 valence electrons. The molecule has 6 nitrogen and oxygen atoms in total. The van der Waals surface area contributed by atoms with E-state index in [2.05, 4.69) is 20.6 Å². The Balaban J connectivity index is 1.51. The second-order valence-electron chi connectivity index (χ2n) is 6.38. The van der Waals surface area contributed by atoms with Crippen molar-refractivity contribution in [3.63, 3.8) is 0 Å². The number of rotatable bonds is 6. The van der Waals surface area contributed by atoms with Gasteiger partial charge in [-0.3, -0.25) is 14.8 Å². The lowest BCUT2D eigenvalue weighted by atomic mass is 10.1. The van der Waals surface area contributed by atoms with E-state index in [0.717, 1.165) is 28.0 Å². The number of carbonyl (C=O) groups is 1. The van der Waals surface area contributed by atoms with Crippen LogP contribution >= 0.6 is 0 Å². The number of ether oxygens (including phenoxy) is 1. The second kappa shape index (κ2) is 8.39. The lowest BCUT2D eigenvalue weighted by Crippen LogP contribution is -2.13. The van der Waals surface area contributed by atoms with Crippen LogP contribution in [0.5, 0.6) is 5.75 Å². The Morgan fingerprint density at radius 1 is 1.00 bits per heavy atom. The fraction of sp³-hybridized carbons (Fsp3) is 0.0870. The van der Waals surface area contributed by atoms with Gasteiger partial charge in [0.05, 0.1) is 35.3 Å². The summed E-state index contributed by atoms with van der Waals surface area (Å²) in [6, 6.07) is 18.9. The second-order valence-corrected chi connectivity index (χ2v) is 6.38. The van der Waals surface area contributed by atoms with Crippen LogP contribution < -0.4 is 15.4 Å². The molecule has 29 heavy (non-hydrogen) atoms. The summed E-state index contributed by atoms with van der Waals surface area (Å²) >= 11 is 0. The first-order chi connectivity index (χ1) is 14.2. The number of nitrogens with one attached hydrogen (secondary N) is 2. The zero-order valence-electron chi connectivity index (χ0n) is 15.9.